The number of unbranched alkanes of at least 4 members (excludes halogenated alkanes) is 1. The normalized spacial score (nSPS) is 10.7. The molecule has 2 aromatic carbocycles. The third kappa shape index (κ3) is 3.69. The summed E-state index contributed by atoms with van der Waals surface area (Å²) < 4.78 is 5.59. The largest absolute Gasteiger partial charge is 0.494 e. The van der Waals surface area contributed by atoms with Crippen LogP contribution in [0, 0.1) is 0 Å². The van der Waals surface area contributed by atoms with Crippen molar-refractivity contribution >= 4 is 22.9 Å². The van der Waals surface area contributed by atoms with Gasteiger partial charge in [-0.05, 0) is 42.8 Å². The number of aromatic nitrogens is 2. The van der Waals surface area contributed by atoms with Crippen LogP contribution < -0.4 is 10.1 Å². The second-order valence-electron chi connectivity index (χ2n) is 5.28. The SMILES string of the molecule is CCCCOc1ccc(C(=O)Nc2nc3ccccc3[nH]2)cc1. The summed E-state index contributed by atoms with van der Waals surface area (Å²) in [5, 5.41) is 2.77. The molecule has 0 radical (unpaired) electrons. The monoisotopic (exact) mass is 309 g/mol. The smallest absolute Gasteiger partial charge is 0.257 e. The van der Waals surface area contributed by atoms with E-state index in [9.17, 15) is 4.79 Å². The van der Waals surface area contributed by atoms with Crippen LogP contribution >= 0.6 is 0 Å². The zero-order valence-corrected chi connectivity index (χ0v) is 13.0. The van der Waals surface area contributed by atoms with Gasteiger partial charge in [-0.3, -0.25) is 10.1 Å². The van der Waals surface area contributed by atoms with Crippen molar-refractivity contribution in [3.63, 3.8) is 0 Å². The molecule has 0 saturated carbocycles. The number of nitrogens with zero attached hydrogens (tertiary/aromatic N) is 1. The van der Waals surface area contributed by atoms with E-state index in [2.05, 4.69) is 22.2 Å². The third-order valence-electron chi connectivity index (χ3n) is 3.50. The average molecular weight is 309 g/mol. The predicted molar refractivity (Wildman–Crippen MR) is 90.9 cm³/mol. The summed E-state index contributed by atoms with van der Waals surface area (Å²) in [4.78, 5) is 19.7. The first-order valence-corrected chi connectivity index (χ1v) is 7.75. The van der Waals surface area contributed by atoms with E-state index in [1.165, 1.54) is 0 Å². The second kappa shape index (κ2) is 6.96. The predicted octanol–water partition coefficient (Wildman–Crippen LogP) is 3.99. The van der Waals surface area contributed by atoms with Crippen molar-refractivity contribution in [3.05, 3.63) is 54.1 Å². The molecule has 0 unspecified atom stereocenters. The molecular formula is C18H19N3O2. The van der Waals surface area contributed by atoms with E-state index in [4.69, 9.17) is 4.74 Å². The first-order valence-electron chi connectivity index (χ1n) is 7.75. The first kappa shape index (κ1) is 15.1. The fraction of sp³-hybridized carbons (Fsp3) is 0.222. The van der Waals surface area contributed by atoms with E-state index in [0.717, 1.165) is 29.6 Å². The molecule has 0 spiro atoms. The van der Waals surface area contributed by atoms with Gasteiger partial charge in [-0.1, -0.05) is 25.5 Å². The van der Waals surface area contributed by atoms with Crippen LogP contribution in [-0.4, -0.2) is 22.5 Å². The minimum atomic E-state index is -0.204. The summed E-state index contributed by atoms with van der Waals surface area (Å²) in [7, 11) is 0. The number of hydrogen-bond acceptors (Lipinski definition) is 3. The molecule has 1 heterocycles. The minimum absolute atomic E-state index is 0.204. The van der Waals surface area contributed by atoms with Crippen LogP contribution in [0.1, 0.15) is 30.1 Å². The number of amides is 1. The number of H-pyrrole nitrogens is 1. The molecule has 0 fully saturated rings. The maximum atomic E-state index is 12.3. The summed E-state index contributed by atoms with van der Waals surface area (Å²) in [6, 6.07) is 14.8. The summed E-state index contributed by atoms with van der Waals surface area (Å²) >= 11 is 0. The van der Waals surface area contributed by atoms with Crippen molar-refractivity contribution in [2.45, 2.75) is 19.8 Å². The molecule has 0 aliphatic heterocycles. The molecule has 3 rings (SSSR count). The van der Waals surface area contributed by atoms with Gasteiger partial charge in [0.25, 0.3) is 5.91 Å². The maximum Gasteiger partial charge on any atom is 0.257 e. The Hall–Kier alpha value is -2.82. The van der Waals surface area contributed by atoms with Crippen molar-refractivity contribution in [1.29, 1.82) is 0 Å². The lowest BCUT2D eigenvalue weighted by molar-refractivity contribution is 0.102. The molecule has 0 aliphatic rings. The lowest BCUT2D eigenvalue weighted by Gasteiger charge is -2.06. The van der Waals surface area contributed by atoms with Gasteiger partial charge in [0.2, 0.25) is 5.95 Å². The molecule has 0 saturated heterocycles. The number of aromatic amines is 1. The van der Waals surface area contributed by atoms with Crippen LogP contribution in [0.25, 0.3) is 11.0 Å². The molecule has 0 bridgehead atoms. The molecular weight excluding hydrogens is 290 g/mol. The molecule has 23 heavy (non-hydrogen) atoms. The van der Waals surface area contributed by atoms with Gasteiger partial charge in [-0.2, -0.15) is 0 Å². The number of rotatable bonds is 6. The fourth-order valence-electron chi connectivity index (χ4n) is 2.23. The number of ether oxygens (including phenoxy) is 1. The molecule has 5 nitrogen and oxygen atoms in total. The Bertz CT molecular complexity index is 760. The van der Waals surface area contributed by atoms with Crippen molar-refractivity contribution in [2.24, 2.45) is 0 Å². The molecule has 2 N–H and O–H groups in total. The first-order chi connectivity index (χ1) is 11.3. The van der Waals surface area contributed by atoms with Crippen molar-refractivity contribution in [3.8, 4) is 5.75 Å². The summed E-state index contributed by atoms with van der Waals surface area (Å²) in [5.74, 6) is 1.02. The van der Waals surface area contributed by atoms with E-state index < -0.39 is 0 Å². The van der Waals surface area contributed by atoms with Crippen LogP contribution in [0.15, 0.2) is 48.5 Å². The Labute approximate surface area is 134 Å². The molecule has 1 amide bonds. The van der Waals surface area contributed by atoms with Crippen LogP contribution in [-0.2, 0) is 0 Å². The third-order valence-corrected chi connectivity index (χ3v) is 3.50. The number of carbonyl (C=O) groups is 1. The van der Waals surface area contributed by atoms with E-state index in [1.54, 1.807) is 12.1 Å². The van der Waals surface area contributed by atoms with Gasteiger partial charge in [0.15, 0.2) is 0 Å². The lowest BCUT2D eigenvalue weighted by Crippen LogP contribution is -2.12. The molecule has 0 aliphatic carbocycles. The van der Waals surface area contributed by atoms with E-state index >= 15 is 0 Å². The number of imidazole rings is 1. The van der Waals surface area contributed by atoms with Crippen molar-refractivity contribution < 1.29 is 9.53 Å². The Kier molecular flexibility index (Phi) is 4.57. The lowest BCUT2D eigenvalue weighted by atomic mass is 10.2. The summed E-state index contributed by atoms with van der Waals surface area (Å²) in [5.41, 5.74) is 2.28. The van der Waals surface area contributed by atoms with E-state index in [1.807, 2.05) is 36.4 Å². The number of carbonyl (C=O) groups excluding carboxylic acids is 1. The topological polar surface area (TPSA) is 67.0 Å². The van der Waals surface area contributed by atoms with Crippen LogP contribution in [0.4, 0.5) is 5.95 Å². The van der Waals surface area contributed by atoms with Gasteiger partial charge in [-0.15, -0.1) is 0 Å². The Morgan fingerprint density at radius 2 is 1.96 bits per heavy atom. The molecule has 5 heteroatoms. The standard InChI is InChI=1S/C18H19N3O2/c1-2-3-12-23-14-10-8-13(9-11-14)17(22)21-18-19-15-6-4-5-7-16(15)20-18/h4-11H,2-3,12H2,1H3,(H2,19,20,21,22). The molecule has 3 aromatic rings. The number of nitrogens with one attached hydrogen (secondary N) is 2. The van der Waals surface area contributed by atoms with E-state index in [0.29, 0.717) is 18.1 Å². The van der Waals surface area contributed by atoms with Crippen LogP contribution in [0.5, 0.6) is 5.75 Å². The quantitative estimate of drug-likeness (QED) is 0.676. The van der Waals surface area contributed by atoms with Gasteiger partial charge >= 0.3 is 0 Å². The van der Waals surface area contributed by atoms with Gasteiger partial charge in [0.1, 0.15) is 5.75 Å². The average Bonchev–Trinajstić information content (AvgIpc) is 2.98. The molecule has 0 atom stereocenters. The highest BCUT2D eigenvalue weighted by molar-refractivity contribution is 6.04. The second-order valence-corrected chi connectivity index (χ2v) is 5.28. The number of para-hydroxylation sites is 2. The Morgan fingerprint density at radius 3 is 2.70 bits per heavy atom. The minimum Gasteiger partial charge on any atom is -0.494 e. The molecule has 1 aromatic heterocycles. The Morgan fingerprint density at radius 1 is 1.17 bits per heavy atom. The molecule has 118 valence electrons. The number of fused-ring (bicyclic) bond motifs is 1. The Balaban J connectivity index is 1.65. The van der Waals surface area contributed by atoms with Crippen LogP contribution in [0.3, 0.4) is 0 Å². The number of anilines is 1. The summed E-state index contributed by atoms with van der Waals surface area (Å²) in [6.45, 7) is 2.82. The van der Waals surface area contributed by atoms with Gasteiger partial charge < -0.3 is 9.72 Å². The number of hydrogen-bond donors (Lipinski definition) is 2. The van der Waals surface area contributed by atoms with Gasteiger partial charge in [0.05, 0.1) is 17.6 Å². The van der Waals surface area contributed by atoms with Gasteiger partial charge in [-0.25, -0.2) is 4.98 Å². The zero-order valence-electron chi connectivity index (χ0n) is 13.0. The van der Waals surface area contributed by atoms with Gasteiger partial charge in [0, 0.05) is 5.56 Å². The highest BCUT2D eigenvalue weighted by Crippen LogP contribution is 2.16. The fourth-order valence-corrected chi connectivity index (χ4v) is 2.23. The maximum absolute atomic E-state index is 12.3. The van der Waals surface area contributed by atoms with Crippen molar-refractivity contribution in [1.82, 2.24) is 9.97 Å². The van der Waals surface area contributed by atoms with Crippen molar-refractivity contribution in [2.75, 3.05) is 11.9 Å². The van der Waals surface area contributed by atoms with Crippen LogP contribution in [0.2, 0.25) is 0 Å². The highest BCUT2D eigenvalue weighted by atomic mass is 16.5. The summed E-state index contributed by atoms with van der Waals surface area (Å²) in [6.07, 6.45) is 2.12. The zero-order chi connectivity index (χ0) is 16.1. The number of benzene rings is 2. The highest BCUT2D eigenvalue weighted by Gasteiger charge is 2.09. The van der Waals surface area contributed by atoms with E-state index in [-0.39, 0.29) is 5.91 Å².